The highest BCUT2D eigenvalue weighted by Crippen LogP contribution is 2.36. The SMILES string of the molecule is CCOc1ccc2c(c1)C(COc1ccc(CC3NC(=O)SC3=O)cc1)=CC(C)(C)N2. The van der Waals surface area contributed by atoms with Crippen LogP contribution in [-0.2, 0) is 11.2 Å². The van der Waals surface area contributed by atoms with E-state index in [0.29, 0.717) is 19.6 Å². The number of hydrogen-bond acceptors (Lipinski definition) is 6. The Balaban J connectivity index is 1.45. The van der Waals surface area contributed by atoms with Gasteiger partial charge >= 0.3 is 0 Å². The first-order chi connectivity index (χ1) is 14.8. The van der Waals surface area contributed by atoms with E-state index in [1.165, 1.54) is 0 Å². The number of hydrogen-bond donors (Lipinski definition) is 2. The fourth-order valence-electron chi connectivity index (χ4n) is 3.82. The van der Waals surface area contributed by atoms with Crippen LogP contribution in [0, 0.1) is 0 Å². The molecule has 4 rings (SSSR count). The molecule has 2 aromatic carbocycles. The van der Waals surface area contributed by atoms with Crippen molar-refractivity contribution < 1.29 is 19.1 Å². The molecule has 0 radical (unpaired) electrons. The second kappa shape index (κ2) is 8.67. The van der Waals surface area contributed by atoms with Crippen molar-refractivity contribution in [3.05, 3.63) is 59.7 Å². The van der Waals surface area contributed by atoms with Crippen molar-refractivity contribution in [1.82, 2.24) is 5.32 Å². The van der Waals surface area contributed by atoms with Gasteiger partial charge in [0, 0.05) is 29.4 Å². The standard InChI is InChI=1S/C24H26N2O4S/c1-4-29-18-9-10-20-19(12-18)16(13-24(2,3)26-20)14-30-17-7-5-15(6-8-17)11-21-22(27)31-23(28)25-21/h5-10,12-13,21,26H,4,11,14H2,1-3H3,(H,25,28). The minimum absolute atomic E-state index is 0.129. The smallest absolute Gasteiger partial charge is 0.287 e. The van der Waals surface area contributed by atoms with E-state index in [1.807, 2.05) is 49.4 Å². The first-order valence-corrected chi connectivity index (χ1v) is 11.2. The van der Waals surface area contributed by atoms with Gasteiger partial charge in [0.1, 0.15) is 24.1 Å². The molecule has 2 aliphatic heterocycles. The predicted molar refractivity (Wildman–Crippen MR) is 124 cm³/mol. The molecule has 1 amide bonds. The summed E-state index contributed by atoms with van der Waals surface area (Å²) in [7, 11) is 0. The average Bonchev–Trinajstić information content (AvgIpc) is 3.04. The molecule has 6 nitrogen and oxygen atoms in total. The van der Waals surface area contributed by atoms with E-state index in [4.69, 9.17) is 9.47 Å². The average molecular weight is 439 g/mol. The summed E-state index contributed by atoms with van der Waals surface area (Å²) in [5.41, 5.74) is 4.03. The van der Waals surface area contributed by atoms with Gasteiger partial charge in [-0.25, -0.2) is 0 Å². The third-order valence-corrected chi connectivity index (χ3v) is 5.96. The lowest BCUT2D eigenvalue weighted by molar-refractivity contribution is -0.112. The topological polar surface area (TPSA) is 76.7 Å². The number of ether oxygens (including phenoxy) is 2. The van der Waals surface area contributed by atoms with E-state index >= 15 is 0 Å². The van der Waals surface area contributed by atoms with Crippen LogP contribution in [0.5, 0.6) is 11.5 Å². The first-order valence-electron chi connectivity index (χ1n) is 10.3. The zero-order chi connectivity index (χ0) is 22.0. The number of rotatable bonds is 7. The molecular weight excluding hydrogens is 412 g/mol. The van der Waals surface area contributed by atoms with Crippen LogP contribution in [0.1, 0.15) is 31.9 Å². The molecule has 162 valence electrons. The van der Waals surface area contributed by atoms with Crippen LogP contribution in [0.25, 0.3) is 5.57 Å². The number of amides is 1. The summed E-state index contributed by atoms with van der Waals surface area (Å²) in [4.78, 5) is 23.1. The normalized spacial score (nSPS) is 19.2. The van der Waals surface area contributed by atoms with Crippen LogP contribution in [0.4, 0.5) is 10.5 Å². The van der Waals surface area contributed by atoms with Crippen LogP contribution in [0.3, 0.4) is 0 Å². The summed E-state index contributed by atoms with van der Waals surface area (Å²) in [6, 6.07) is 13.3. The minimum atomic E-state index is -0.456. The first kappa shape index (κ1) is 21.3. The van der Waals surface area contributed by atoms with Gasteiger partial charge in [0.25, 0.3) is 5.24 Å². The number of carbonyl (C=O) groups is 2. The number of thioether (sulfide) groups is 1. The maximum atomic E-state index is 11.8. The molecule has 0 bridgehead atoms. The molecule has 31 heavy (non-hydrogen) atoms. The second-order valence-electron chi connectivity index (χ2n) is 8.20. The summed E-state index contributed by atoms with van der Waals surface area (Å²) in [6.07, 6.45) is 2.67. The minimum Gasteiger partial charge on any atom is -0.494 e. The zero-order valence-corrected chi connectivity index (χ0v) is 18.7. The fourth-order valence-corrected chi connectivity index (χ4v) is 4.48. The van der Waals surface area contributed by atoms with Gasteiger partial charge < -0.3 is 20.1 Å². The van der Waals surface area contributed by atoms with Gasteiger partial charge in [-0.3, -0.25) is 9.59 Å². The van der Waals surface area contributed by atoms with E-state index < -0.39 is 6.04 Å². The van der Waals surface area contributed by atoms with Crippen molar-refractivity contribution in [1.29, 1.82) is 0 Å². The molecule has 0 spiro atoms. The molecule has 1 saturated heterocycles. The largest absolute Gasteiger partial charge is 0.494 e. The van der Waals surface area contributed by atoms with Crippen molar-refractivity contribution in [3.8, 4) is 11.5 Å². The summed E-state index contributed by atoms with van der Waals surface area (Å²) in [6.45, 7) is 7.28. The van der Waals surface area contributed by atoms with Crippen LogP contribution in [0.15, 0.2) is 48.5 Å². The predicted octanol–water partition coefficient (Wildman–Crippen LogP) is 4.65. The highest BCUT2D eigenvalue weighted by atomic mass is 32.2. The van der Waals surface area contributed by atoms with E-state index in [-0.39, 0.29) is 15.9 Å². The van der Waals surface area contributed by atoms with Crippen LogP contribution in [-0.4, -0.2) is 35.1 Å². The molecular formula is C24H26N2O4S. The lowest BCUT2D eigenvalue weighted by atomic mass is 9.90. The highest BCUT2D eigenvalue weighted by Gasteiger charge is 2.31. The van der Waals surface area contributed by atoms with Crippen molar-refractivity contribution in [3.63, 3.8) is 0 Å². The van der Waals surface area contributed by atoms with Crippen molar-refractivity contribution in [2.24, 2.45) is 0 Å². The van der Waals surface area contributed by atoms with Gasteiger partial charge in [0.2, 0.25) is 5.12 Å². The molecule has 0 saturated carbocycles. The van der Waals surface area contributed by atoms with Gasteiger partial charge in [-0.15, -0.1) is 0 Å². The maximum absolute atomic E-state index is 11.8. The summed E-state index contributed by atoms with van der Waals surface area (Å²) in [5.74, 6) is 1.59. The third kappa shape index (κ3) is 5.05. The van der Waals surface area contributed by atoms with Gasteiger partial charge in [0.05, 0.1) is 12.1 Å². The molecule has 2 aromatic rings. The van der Waals surface area contributed by atoms with E-state index in [0.717, 1.165) is 45.6 Å². The second-order valence-corrected chi connectivity index (χ2v) is 9.18. The number of carbonyl (C=O) groups excluding carboxylic acids is 2. The monoisotopic (exact) mass is 438 g/mol. The van der Waals surface area contributed by atoms with Crippen molar-refractivity contribution in [2.45, 2.75) is 38.8 Å². The Bertz CT molecular complexity index is 1030. The lowest BCUT2D eigenvalue weighted by Gasteiger charge is -2.32. The molecule has 1 atom stereocenters. The summed E-state index contributed by atoms with van der Waals surface area (Å²) >= 11 is 0.739. The van der Waals surface area contributed by atoms with Crippen LogP contribution < -0.4 is 20.1 Å². The van der Waals surface area contributed by atoms with Gasteiger partial charge in [-0.1, -0.05) is 18.2 Å². The number of nitrogens with one attached hydrogen (secondary N) is 2. The zero-order valence-electron chi connectivity index (χ0n) is 17.9. The van der Waals surface area contributed by atoms with Crippen molar-refractivity contribution in [2.75, 3.05) is 18.5 Å². The Morgan fingerprint density at radius 3 is 2.45 bits per heavy atom. The molecule has 1 unspecified atom stereocenters. The quantitative estimate of drug-likeness (QED) is 0.656. The van der Waals surface area contributed by atoms with Crippen molar-refractivity contribution >= 4 is 33.4 Å². The molecule has 7 heteroatoms. The Hall–Kier alpha value is -2.93. The van der Waals surface area contributed by atoms with Gasteiger partial charge in [-0.05, 0) is 62.2 Å². The molecule has 2 heterocycles. The van der Waals surface area contributed by atoms with Crippen LogP contribution in [0.2, 0.25) is 0 Å². The maximum Gasteiger partial charge on any atom is 0.287 e. The number of benzene rings is 2. The van der Waals surface area contributed by atoms with Gasteiger partial charge in [0.15, 0.2) is 0 Å². The Morgan fingerprint density at radius 1 is 1.03 bits per heavy atom. The van der Waals surface area contributed by atoms with Crippen LogP contribution >= 0.6 is 11.8 Å². The molecule has 2 N–H and O–H groups in total. The third-order valence-electron chi connectivity index (χ3n) is 5.17. The summed E-state index contributed by atoms with van der Waals surface area (Å²) in [5, 5.41) is 5.81. The summed E-state index contributed by atoms with van der Waals surface area (Å²) < 4.78 is 11.8. The van der Waals surface area contributed by atoms with E-state index in [9.17, 15) is 9.59 Å². The van der Waals surface area contributed by atoms with Gasteiger partial charge in [-0.2, -0.15) is 0 Å². The Morgan fingerprint density at radius 2 is 1.77 bits per heavy atom. The molecule has 0 aromatic heterocycles. The molecule has 2 aliphatic rings. The van der Waals surface area contributed by atoms with E-state index in [1.54, 1.807) is 0 Å². The number of fused-ring (bicyclic) bond motifs is 1. The number of anilines is 1. The molecule has 1 fully saturated rings. The molecule has 0 aliphatic carbocycles. The highest BCUT2D eigenvalue weighted by molar-refractivity contribution is 8.26. The van der Waals surface area contributed by atoms with E-state index in [2.05, 4.69) is 30.6 Å². The fraction of sp³-hybridized carbons (Fsp3) is 0.333. The Kier molecular flexibility index (Phi) is 5.96. The lowest BCUT2D eigenvalue weighted by Crippen LogP contribution is -2.32. The Labute approximate surface area is 186 Å².